The number of carbonyl (C=O) groups excluding carboxylic acids is 3. The molecule has 11 heteroatoms. The molecule has 2 fully saturated rings. The second-order valence-corrected chi connectivity index (χ2v) is 12.0. The first-order valence-corrected chi connectivity index (χ1v) is 14.1. The smallest absolute Gasteiger partial charge is 0.248 e. The number of nitrogens with zero attached hydrogens (tertiary/aromatic N) is 5. The monoisotopic (exact) mass is 618 g/mol. The number of amides is 2. The molecule has 1 N–H and O–H groups in total. The van der Waals surface area contributed by atoms with E-state index < -0.39 is 11.9 Å². The molecule has 3 atom stereocenters. The van der Waals surface area contributed by atoms with Gasteiger partial charge < -0.3 is 14.8 Å². The third-order valence-electron chi connectivity index (χ3n) is 8.27. The number of likely N-dealkylation sites (tertiary alicyclic amines) is 1. The number of anilines is 1. The van der Waals surface area contributed by atoms with Gasteiger partial charge in [0.25, 0.3) is 0 Å². The van der Waals surface area contributed by atoms with E-state index in [9.17, 15) is 18.8 Å². The Morgan fingerprint density at radius 2 is 1.85 bits per heavy atom. The molecule has 2 aliphatic rings. The van der Waals surface area contributed by atoms with Gasteiger partial charge in [-0.15, -0.1) is 0 Å². The second-order valence-electron chi connectivity index (χ2n) is 11.3. The molecule has 3 aromatic heterocycles. The predicted octanol–water partition coefficient (Wildman–Crippen LogP) is 5.23. The van der Waals surface area contributed by atoms with Crippen LogP contribution in [0.15, 0.2) is 47.5 Å². The molecular weight excluding hydrogens is 591 g/mol. The minimum atomic E-state index is -0.682. The predicted molar refractivity (Wildman–Crippen MR) is 155 cm³/mol. The van der Waals surface area contributed by atoms with Crippen LogP contribution >= 0.6 is 15.9 Å². The zero-order valence-corrected chi connectivity index (χ0v) is 24.6. The van der Waals surface area contributed by atoms with Crippen molar-refractivity contribution in [2.24, 2.45) is 5.41 Å². The molecule has 4 aromatic rings. The van der Waals surface area contributed by atoms with Gasteiger partial charge in [-0.1, -0.05) is 13.0 Å². The first-order valence-electron chi connectivity index (χ1n) is 13.3. The summed E-state index contributed by atoms with van der Waals surface area (Å²) < 4.78 is 15.6. The van der Waals surface area contributed by atoms with E-state index in [1.807, 2.05) is 25.1 Å². The van der Waals surface area contributed by atoms with Gasteiger partial charge in [0.1, 0.15) is 28.8 Å². The highest BCUT2D eigenvalue weighted by Gasteiger charge is 2.64. The highest BCUT2D eigenvalue weighted by molar-refractivity contribution is 9.10. The highest BCUT2D eigenvalue weighted by Crippen LogP contribution is 2.59. The topological polar surface area (TPSA) is 110 Å². The minimum Gasteiger partial charge on any atom is -0.337 e. The molecular formula is C30H28BrFN6O3. The first-order chi connectivity index (χ1) is 19.4. The number of rotatable bonds is 6. The van der Waals surface area contributed by atoms with Crippen molar-refractivity contribution in [3.05, 3.63) is 70.2 Å². The van der Waals surface area contributed by atoms with Crippen molar-refractivity contribution in [2.45, 2.75) is 59.2 Å². The Morgan fingerprint density at radius 1 is 1.12 bits per heavy atom. The van der Waals surface area contributed by atoms with Gasteiger partial charge in [0.05, 0.1) is 0 Å². The van der Waals surface area contributed by atoms with E-state index in [1.54, 1.807) is 35.0 Å². The average molecular weight is 619 g/mol. The van der Waals surface area contributed by atoms with Crippen molar-refractivity contribution in [1.29, 1.82) is 0 Å². The molecule has 1 aromatic carbocycles. The summed E-state index contributed by atoms with van der Waals surface area (Å²) in [7, 11) is 0. The molecule has 0 radical (unpaired) electrons. The molecule has 210 valence electrons. The fourth-order valence-electron chi connectivity index (χ4n) is 5.90. The summed E-state index contributed by atoms with van der Waals surface area (Å²) >= 11 is 3.07. The summed E-state index contributed by atoms with van der Waals surface area (Å²) in [4.78, 5) is 54.2. The van der Waals surface area contributed by atoms with Crippen molar-refractivity contribution in [1.82, 2.24) is 24.4 Å². The lowest BCUT2D eigenvalue weighted by atomic mass is 10.0. The van der Waals surface area contributed by atoms with Gasteiger partial charge in [0, 0.05) is 46.7 Å². The molecule has 41 heavy (non-hydrogen) atoms. The quantitative estimate of drug-likeness (QED) is 0.234. The summed E-state index contributed by atoms with van der Waals surface area (Å²) in [6, 6.07) is 6.30. The number of nitrogens with one attached hydrogen (secondary N) is 1. The Kier molecular flexibility index (Phi) is 6.52. The highest BCUT2D eigenvalue weighted by atomic mass is 79.9. The number of pyridine rings is 1. The van der Waals surface area contributed by atoms with E-state index in [0.29, 0.717) is 23.4 Å². The van der Waals surface area contributed by atoms with Gasteiger partial charge in [-0.3, -0.25) is 14.4 Å². The molecule has 6 rings (SSSR count). The van der Waals surface area contributed by atoms with E-state index >= 15 is 0 Å². The number of benzene rings is 1. The first kappa shape index (κ1) is 27.2. The van der Waals surface area contributed by atoms with Gasteiger partial charge in [-0.05, 0) is 84.3 Å². The summed E-state index contributed by atoms with van der Waals surface area (Å²) in [5, 5.41) is 3.53. The number of aromatic nitrogens is 4. The number of carbonyl (C=O) groups is 3. The van der Waals surface area contributed by atoms with E-state index in [2.05, 4.69) is 43.1 Å². The molecule has 1 saturated carbocycles. The van der Waals surface area contributed by atoms with Crippen LogP contribution in [-0.4, -0.2) is 54.1 Å². The second kappa shape index (κ2) is 9.83. The van der Waals surface area contributed by atoms with Crippen molar-refractivity contribution < 1.29 is 18.8 Å². The fraction of sp³-hybridized carbons (Fsp3) is 0.333. The van der Waals surface area contributed by atoms with Crippen LogP contribution in [-0.2, 0) is 16.1 Å². The van der Waals surface area contributed by atoms with Gasteiger partial charge in [-0.25, -0.2) is 19.3 Å². The SMILES string of the molecule is CC(=O)c1cn(CC(=O)N2[C@H](C(=O)Nc3nc(Br)c(F)cc3C)C[C@@]3(C)C[C@@H]23)c2ccc(-c3cnc(C)nc3)cc12. The Labute approximate surface area is 244 Å². The van der Waals surface area contributed by atoms with Gasteiger partial charge >= 0.3 is 0 Å². The number of ketones is 1. The number of hydrogen-bond acceptors (Lipinski definition) is 6. The molecule has 4 heterocycles. The van der Waals surface area contributed by atoms with E-state index in [0.717, 1.165) is 28.5 Å². The van der Waals surface area contributed by atoms with Crippen LogP contribution in [0.2, 0.25) is 0 Å². The zero-order chi connectivity index (χ0) is 29.2. The van der Waals surface area contributed by atoms with Crippen LogP contribution in [0.3, 0.4) is 0 Å². The van der Waals surface area contributed by atoms with Crippen LogP contribution < -0.4 is 5.32 Å². The molecule has 1 aliphatic heterocycles. The lowest BCUT2D eigenvalue weighted by Crippen LogP contribution is -2.46. The summed E-state index contributed by atoms with van der Waals surface area (Å²) in [6.45, 7) is 7.04. The maximum absolute atomic E-state index is 13.9. The van der Waals surface area contributed by atoms with Crippen molar-refractivity contribution in [3.8, 4) is 11.1 Å². The van der Waals surface area contributed by atoms with Crippen LogP contribution in [0, 0.1) is 25.1 Å². The summed E-state index contributed by atoms with van der Waals surface area (Å²) in [6.07, 6.45) is 6.55. The Hall–Kier alpha value is -3.99. The lowest BCUT2D eigenvalue weighted by Gasteiger charge is -2.27. The normalized spacial score (nSPS) is 21.2. The Bertz CT molecular complexity index is 1750. The summed E-state index contributed by atoms with van der Waals surface area (Å²) in [5.74, 6) is -0.271. The standard InChI is InChI=1S/C30H28BrFN6O3/c1-15-7-22(32)27(31)35-28(15)36-29(41)24-9-30(4)10-25(30)38(24)26(40)14-37-13-21(16(2)39)20-8-18(5-6-23(20)37)19-11-33-17(3)34-12-19/h5-8,11-13,24-25H,9-10,14H2,1-4H3,(H,35,36,41)/t24-,25+,30-/m0/s1. The number of fused-ring (bicyclic) bond motifs is 2. The van der Waals surface area contributed by atoms with E-state index in [1.165, 1.54) is 13.0 Å². The number of aryl methyl sites for hydroxylation is 2. The fourth-order valence-corrected chi connectivity index (χ4v) is 6.19. The van der Waals surface area contributed by atoms with Gasteiger partial charge in [0.2, 0.25) is 11.8 Å². The molecule has 9 nitrogen and oxygen atoms in total. The number of piperidine rings is 1. The van der Waals surface area contributed by atoms with Gasteiger partial charge in [-0.2, -0.15) is 0 Å². The Balaban J connectivity index is 1.28. The maximum atomic E-state index is 13.9. The largest absolute Gasteiger partial charge is 0.337 e. The summed E-state index contributed by atoms with van der Waals surface area (Å²) in [5.41, 5.74) is 3.31. The third-order valence-corrected chi connectivity index (χ3v) is 8.83. The number of Topliss-reactive ketones (excluding diaryl/α,β-unsaturated/α-hetero) is 1. The molecule has 2 amide bonds. The minimum absolute atomic E-state index is 0.00591. The Morgan fingerprint density at radius 3 is 2.56 bits per heavy atom. The molecule has 1 saturated heterocycles. The maximum Gasteiger partial charge on any atom is 0.248 e. The van der Waals surface area contributed by atoms with Crippen molar-refractivity contribution in [2.75, 3.05) is 5.32 Å². The van der Waals surface area contributed by atoms with Crippen LogP contribution in [0.4, 0.5) is 10.2 Å². The van der Waals surface area contributed by atoms with E-state index in [4.69, 9.17) is 0 Å². The average Bonchev–Trinajstić information content (AvgIpc) is 3.29. The number of halogens is 2. The molecule has 0 spiro atoms. The van der Waals surface area contributed by atoms with Crippen molar-refractivity contribution >= 4 is 50.2 Å². The number of hydrogen-bond donors (Lipinski definition) is 1. The lowest BCUT2D eigenvalue weighted by molar-refractivity contribution is -0.138. The molecule has 0 unspecified atom stereocenters. The van der Waals surface area contributed by atoms with Gasteiger partial charge in [0.15, 0.2) is 11.6 Å². The zero-order valence-electron chi connectivity index (χ0n) is 23.0. The third kappa shape index (κ3) is 4.81. The van der Waals surface area contributed by atoms with E-state index in [-0.39, 0.29) is 46.0 Å². The van der Waals surface area contributed by atoms with Crippen LogP contribution in [0.5, 0.6) is 0 Å². The van der Waals surface area contributed by atoms with Crippen LogP contribution in [0.1, 0.15) is 48.4 Å². The molecule has 1 aliphatic carbocycles. The van der Waals surface area contributed by atoms with Crippen LogP contribution in [0.25, 0.3) is 22.0 Å². The van der Waals surface area contributed by atoms with Crippen molar-refractivity contribution in [3.63, 3.8) is 0 Å². The molecule has 0 bridgehead atoms.